The standard InChI is InChI=1S/C16H13FO/c1-10-6-7-12(9-15(10)17)16(18)14-8-11-4-2-3-5-13(11)14/h2-7,9,14H,8H2,1H3. The van der Waals surface area contributed by atoms with E-state index in [1.807, 2.05) is 24.3 Å². The van der Waals surface area contributed by atoms with Gasteiger partial charge in [0, 0.05) is 5.56 Å². The highest BCUT2D eigenvalue weighted by Crippen LogP contribution is 2.37. The molecule has 3 rings (SSSR count). The van der Waals surface area contributed by atoms with Gasteiger partial charge in [0.2, 0.25) is 0 Å². The van der Waals surface area contributed by atoms with Gasteiger partial charge in [0.15, 0.2) is 5.78 Å². The Bertz CT molecular complexity index is 631. The van der Waals surface area contributed by atoms with Crippen molar-refractivity contribution in [3.63, 3.8) is 0 Å². The largest absolute Gasteiger partial charge is 0.293 e. The van der Waals surface area contributed by atoms with Crippen LogP contribution in [0.2, 0.25) is 0 Å². The highest BCUT2D eigenvalue weighted by molar-refractivity contribution is 6.02. The Morgan fingerprint density at radius 3 is 2.72 bits per heavy atom. The van der Waals surface area contributed by atoms with Crippen molar-refractivity contribution in [3.8, 4) is 0 Å². The zero-order chi connectivity index (χ0) is 12.7. The molecule has 90 valence electrons. The maximum atomic E-state index is 13.5. The molecule has 18 heavy (non-hydrogen) atoms. The van der Waals surface area contributed by atoms with E-state index >= 15 is 0 Å². The van der Waals surface area contributed by atoms with Crippen LogP contribution in [-0.2, 0) is 6.42 Å². The summed E-state index contributed by atoms with van der Waals surface area (Å²) in [7, 11) is 0. The van der Waals surface area contributed by atoms with Crippen molar-refractivity contribution in [2.75, 3.05) is 0 Å². The molecular formula is C16H13FO. The molecule has 0 N–H and O–H groups in total. The normalized spacial score (nSPS) is 16.9. The van der Waals surface area contributed by atoms with Crippen LogP contribution in [0, 0.1) is 12.7 Å². The molecule has 1 nitrogen and oxygen atoms in total. The number of hydrogen-bond acceptors (Lipinski definition) is 1. The average Bonchev–Trinajstić information content (AvgIpc) is 2.34. The predicted octanol–water partition coefficient (Wildman–Crippen LogP) is 3.66. The van der Waals surface area contributed by atoms with Crippen LogP contribution < -0.4 is 0 Å². The molecule has 0 radical (unpaired) electrons. The van der Waals surface area contributed by atoms with E-state index in [0.717, 1.165) is 12.0 Å². The van der Waals surface area contributed by atoms with Gasteiger partial charge in [-0.05, 0) is 36.1 Å². The number of aryl methyl sites for hydroxylation is 1. The quantitative estimate of drug-likeness (QED) is 0.732. The van der Waals surface area contributed by atoms with Crippen LogP contribution in [0.3, 0.4) is 0 Å². The van der Waals surface area contributed by atoms with Crippen molar-refractivity contribution in [3.05, 3.63) is 70.5 Å². The number of fused-ring (bicyclic) bond motifs is 1. The van der Waals surface area contributed by atoms with Crippen LogP contribution in [0.25, 0.3) is 0 Å². The van der Waals surface area contributed by atoms with Crippen LogP contribution in [0.15, 0.2) is 42.5 Å². The molecule has 0 fully saturated rings. The summed E-state index contributed by atoms with van der Waals surface area (Å²) in [5.41, 5.74) is 3.35. The third-order valence-electron chi connectivity index (χ3n) is 3.63. The van der Waals surface area contributed by atoms with Gasteiger partial charge in [-0.3, -0.25) is 4.79 Å². The lowest BCUT2D eigenvalue weighted by atomic mass is 9.74. The molecule has 0 amide bonds. The molecule has 0 spiro atoms. The number of benzene rings is 2. The molecule has 0 aliphatic heterocycles. The summed E-state index contributed by atoms with van der Waals surface area (Å²) < 4.78 is 13.5. The monoisotopic (exact) mass is 240 g/mol. The molecule has 2 aromatic rings. The molecule has 2 heteroatoms. The van der Waals surface area contributed by atoms with E-state index in [1.165, 1.54) is 11.6 Å². The first-order valence-electron chi connectivity index (χ1n) is 6.05. The summed E-state index contributed by atoms with van der Waals surface area (Å²) in [4.78, 5) is 12.3. The van der Waals surface area contributed by atoms with Gasteiger partial charge in [-0.1, -0.05) is 36.4 Å². The van der Waals surface area contributed by atoms with Gasteiger partial charge in [0.25, 0.3) is 0 Å². The van der Waals surface area contributed by atoms with Crippen LogP contribution >= 0.6 is 0 Å². The zero-order valence-corrected chi connectivity index (χ0v) is 10.1. The van der Waals surface area contributed by atoms with Crippen molar-refractivity contribution in [1.29, 1.82) is 0 Å². The number of carbonyl (C=O) groups is 1. The first-order valence-corrected chi connectivity index (χ1v) is 6.05. The number of Topliss-reactive ketones (excluding diaryl/α,β-unsaturated/α-hetero) is 1. The fourth-order valence-electron chi connectivity index (χ4n) is 2.44. The van der Waals surface area contributed by atoms with Crippen LogP contribution in [-0.4, -0.2) is 5.78 Å². The van der Waals surface area contributed by atoms with Crippen LogP contribution in [0.5, 0.6) is 0 Å². The molecule has 0 saturated carbocycles. The van der Waals surface area contributed by atoms with Crippen LogP contribution in [0.4, 0.5) is 4.39 Å². The van der Waals surface area contributed by atoms with E-state index in [-0.39, 0.29) is 17.5 Å². The molecule has 0 bridgehead atoms. The Morgan fingerprint density at radius 1 is 1.22 bits per heavy atom. The maximum absolute atomic E-state index is 13.5. The lowest BCUT2D eigenvalue weighted by molar-refractivity contribution is 0.0948. The molecular weight excluding hydrogens is 227 g/mol. The second-order valence-electron chi connectivity index (χ2n) is 4.78. The predicted molar refractivity (Wildman–Crippen MR) is 68.4 cm³/mol. The van der Waals surface area contributed by atoms with E-state index in [1.54, 1.807) is 19.1 Å². The summed E-state index contributed by atoms with van der Waals surface area (Å²) in [6.07, 6.45) is 0.768. The Balaban J connectivity index is 1.91. The molecule has 0 aromatic heterocycles. The SMILES string of the molecule is Cc1ccc(C(=O)C2Cc3ccccc32)cc1F. The molecule has 0 saturated heterocycles. The summed E-state index contributed by atoms with van der Waals surface area (Å²) in [5, 5.41) is 0. The van der Waals surface area contributed by atoms with Crippen molar-refractivity contribution in [1.82, 2.24) is 0 Å². The van der Waals surface area contributed by atoms with Crippen molar-refractivity contribution >= 4 is 5.78 Å². The van der Waals surface area contributed by atoms with E-state index < -0.39 is 0 Å². The topological polar surface area (TPSA) is 17.1 Å². The van der Waals surface area contributed by atoms with E-state index in [0.29, 0.717) is 11.1 Å². The zero-order valence-electron chi connectivity index (χ0n) is 10.1. The Kier molecular flexibility index (Phi) is 2.51. The lowest BCUT2D eigenvalue weighted by Crippen LogP contribution is -2.25. The highest BCUT2D eigenvalue weighted by Gasteiger charge is 2.32. The Morgan fingerprint density at radius 2 is 2.00 bits per heavy atom. The van der Waals surface area contributed by atoms with Gasteiger partial charge in [0.1, 0.15) is 5.82 Å². The highest BCUT2D eigenvalue weighted by atomic mass is 19.1. The molecule has 1 unspecified atom stereocenters. The van der Waals surface area contributed by atoms with Crippen molar-refractivity contribution in [2.45, 2.75) is 19.3 Å². The minimum Gasteiger partial charge on any atom is -0.293 e. The van der Waals surface area contributed by atoms with E-state index in [9.17, 15) is 9.18 Å². The lowest BCUT2D eigenvalue weighted by Gasteiger charge is -2.28. The summed E-state index contributed by atoms with van der Waals surface area (Å²) in [6, 6.07) is 12.6. The first-order chi connectivity index (χ1) is 8.66. The second kappa shape index (κ2) is 4.05. The minimum absolute atomic E-state index is 0.0209. The average molecular weight is 240 g/mol. The molecule has 1 atom stereocenters. The third-order valence-corrected chi connectivity index (χ3v) is 3.63. The summed E-state index contributed by atoms with van der Waals surface area (Å²) >= 11 is 0. The van der Waals surface area contributed by atoms with Gasteiger partial charge in [-0.15, -0.1) is 0 Å². The fourth-order valence-corrected chi connectivity index (χ4v) is 2.44. The molecule has 2 aromatic carbocycles. The fraction of sp³-hybridized carbons (Fsp3) is 0.188. The number of ketones is 1. The third kappa shape index (κ3) is 1.65. The van der Waals surface area contributed by atoms with Gasteiger partial charge in [0.05, 0.1) is 5.92 Å². The van der Waals surface area contributed by atoms with Gasteiger partial charge in [-0.25, -0.2) is 4.39 Å². The first kappa shape index (κ1) is 11.1. The van der Waals surface area contributed by atoms with Gasteiger partial charge < -0.3 is 0 Å². The summed E-state index contributed by atoms with van der Waals surface area (Å²) in [5.74, 6) is -0.385. The summed E-state index contributed by atoms with van der Waals surface area (Å²) in [6.45, 7) is 1.70. The smallest absolute Gasteiger partial charge is 0.170 e. The number of rotatable bonds is 2. The van der Waals surface area contributed by atoms with E-state index in [2.05, 4.69) is 0 Å². The Labute approximate surface area is 105 Å². The number of halogens is 1. The molecule has 1 aliphatic rings. The minimum atomic E-state index is -0.312. The maximum Gasteiger partial charge on any atom is 0.170 e. The molecule has 1 aliphatic carbocycles. The number of carbonyl (C=O) groups excluding carboxylic acids is 1. The number of hydrogen-bond donors (Lipinski definition) is 0. The Hall–Kier alpha value is -1.96. The van der Waals surface area contributed by atoms with Gasteiger partial charge in [-0.2, -0.15) is 0 Å². The van der Waals surface area contributed by atoms with Crippen LogP contribution in [0.1, 0.15) is 33.0 Å². The molecule has 0 heterocycles. The van der Waals surface area contributed by atoms with Crippen molar-refractivity contribution in [2.24, 2.45) is 0 Å². The second-order valence-corrected chi connectivity index (χ2v) is 4.78. The van der Waals surface area contributed by atoms with Gasteiger partial charge >= 0.3 is 0 Å². The van der Waals surface area contributed by atoms with E-state index in [4.69, 9.17) is 0 Å². The van der Waals surface area contributed by atoms with Crippen molar-refractivity contribution < 1.29 is 9.18 Å².